The second-order valence-electron chi connectivity index (χ2n) is 5.81. The van der Waals surface area contributed by atoms with Crippen molar-refractivity contribution in [1.82, 2.24) is 20.2 Å². The van der Waals surface area contributed by atoms with Crippen molar-refractivity contribution in [2.75, 3.05) is 5.32 Å². The molecule has 0 saturated heterocycles. The molecule has 0 fully saturated rings. The van der Waals surface area contributed by atoms with Crippen molar-refractivity contribution in [2.45, 2.75) is 13.8 Å². The van der Waals surface area contributed by atoms with Crippen molar-refractivity contribution < 1.29 is 9.18 Å². The fraction of sp³-hybridized carbons (Fsp3) is 0.111. The summed E-state index contributed by atoms with van der Waals surface area (Å²) in [7, 11) is 0. The average Bonchev–Trinajstić information content (AvgIpc) is 3.20. The first kappa shape index (κ1) is 16.3. The Morgan fingerprint density at radius 2 is 2.00 bits per heavy atom. The van der Waals surface area contributed by atoms with Crippen LogP contribution in [0.5, 0.6) is 0 Å². The molecule has 0 radical (unpaired) electrons. The van der Waals surface area contributed by atoms with E-state index < -0.39 is 5.82 Å². The van der Waals surface area contributed by atoms with Gasteiger partial charge in [0, 0.05) is 10.4 Å². The van der Waals surface area contributed by atoms with Crippen LogP contribution in [0.1, 0.15) is 21.1 Å². The number of thiophene rings is 1. The molecule has 8 heteroatoms. The molecule has 4 rings (SSSR count). The second kappa shape index (κ2) is 6.30. The standard InChI is InChI=1S/C18H14FN5OS/c1-10-13-5-3-4-6-16(13)26-17(10)18(25)20-12-7-8-14(19)15(9-12)24-11(2)21-22-23-24/h3-9H,1-2H3,(H,20,25). The zero-order valence-corrected chi connectivity index (χ0v) is 14.8. The fourth-order valence-electron chi connectivity index (χ4n) is 2.79. The van der Waals surface area contributed by atoms with E-state index in [0.717, 1.165) is 15.6 Å². The van der Waals surface area contributed by atoms with E-state index in [2.05, 4.69) is 20.8 Å². The normalized spacial score (nSPS) is 11.0. The minimum atomic E-state index is -0.476. The number of tetrazole rings is 1. The maximum absolute atomic E-state index is 14.1. The van der Waals surface area contributed by atoms with Crippen LogP contribution in [0, 0.1) is 19.7 Å². The van der Waals surface area contributed by atoms with Crippen molar-refractivity contribution >= 4 is 33.0 Å². The van der Waals surface area contributed by atoms with E-state index in [9.17, 15) is 9.18 Å². The van der Waals surface area contributed by atoms with Crippen LogP contribution >= 0.6 is 11.3 Å². The number of aromatic nitrogens is 4. The van der Waals surface area contributed by atoms with Crippen LogP contribution in [-0.4, -0.2) is 26.1 Å². The average molecular weight is 367 g/mol. The first-order valence-electron chi connectivity index (χ1n) is 7.89. The van der Waals surface area contributed by atoms with Crippen molar-refractivity contribution in [3.63, 3.8) is 0 Å². The molecule has 1 amide bonds. The summed E-state index contributed by atoms with van der Waals surface area (Å²) < 4.78 is 16.5. The number of amides is 1. The highest BCUT2D eigenvalue weighted by molar-refractivity contribution is 7.21. The molecule has 4 aromatic rings. The second-order valence-corrected chi connectivity index (χ2v) is 6.86. The quantitative estimate of drug-likeness (QED) is 0.596. The minimum absolute atomic E-state index is 0.179. The highest BCUT2D eigenvalue weighted by Gasteiger charge is 2.17. The number of nitrogens with zero attached hydrogens (tertiary/aromatic N) is 4. The number of hydrogen-bond acceptors (Lipinski definition) is 5. The molecule has 2 heterocycles. The number of nitrogens with one attached hydrogen (secondary N) is 1. The van der Waals surface area contributed by atoms with Crippen molar-refractivity contribution in [2.24, 2.45) is 0 Å². The molecule has 6 nitrogen and oxygen atoms in total. The van der Waals surface area contributed by atoms with Crippen LogP contribution in [0.4, 0.5) is 10.1 Å². The first-order chi connectivity index (χ1) is 12.5. The van der Waals surface area contributed by atoms with E-state index in [1.165, 1.54) is 34.2 Å². The van der Waals surface area contributed by atoms with Gasteiger partial charge < -0.3 is 5.32 Å². The Hall–Kier alpha value is -3.13. The molecule has 130 valence electrons. The Kier molecular flexibility index (Phi) is 3.96. The molecule has 0 bridgehead atoms. The molecule has 1 N–H and O–H groups in total. The van der Waals surface area contributed by atoms with Crippen LogP contribution in [0.15, 0.2) is 42.5 Å². The molecule has 0 spiro atoms. The van der Waals surface area contributed by atoms with Gasteiger partial charge in [-0.3, -0.25) is 4.79 Å². The number of fused-ring (bicyclic) bond motifs is 1. The number of anilines is 1. The van der Waals surface area contributed by atoms with E-state index in [-0.39, 0.29) is 11.6 Å². The number of carbonyl (C=O) groups is 1. The van der Waals surface area contributed by atoms with Gasteiger partial charge in [0.2, 0.25) is 0 Å². The molecule has 0 aliphatic rings. The topological polar surface area (TPSA) is 72.7 Å². The summed E-state index contributed by atoms with van der Waals surface area (Å²) in [5.41, 5.74) is 1.58. The predicted octanol–water partition coefficient (Wildman–Crippen LogP) is 3.89. The third kappa shape index (κ3) is 2.74. The summed E-state index contributed by atoms with van der Waals surface area (Å²) in [6.07, 6.45) is 0. The molecule has 0 saturated carbocycles. The highest BCUT2D eigenvalue weighted by Crippen LogP contribution is 2.31. The Balaban J connectivity index is 1.68. The molecule has 0 aliphatic carbocycles. The molecule has 2 aromatic carbocycles. The first-order valence-corrected chi connectivity index (χ1v) is 8.70. The predicted molar refractivity (Wildman–Crippen MR) is 98.4 cm³/mol. The molecule has 0 aliphatic heterocycles. The van der Waals surface area contributed by atoms with Crippen LogP contribution in [0.25, 0.3) is 15.8 Å². The smallest absolute Gasteiger partial charge is 0.266 e. The molecule has 26 heavy (non-hydrogen) atoms. The van der Waals surface area contributed by atoms with Gasteiger partial charge in [-0.1, -0.05) is 18.2 Å². The van der Waals surface area contributed by atoms with Crippen LogP contribution in [0.2, 0.25) is 0 Å². The Labute approximate surface area is 152 Å². The summed E-state index contributed by atoms with van der Waals surface area (Å²) in [5, 5.41) is 14.9. The van der Waals surface area contributed by atoms with Gasteiger partial charge in [-0.15, -0.1) is 16.4 Å². The Morgan fingerprint density at radius 1 is 1.19 bits per heavy atom. The van der Waals surface area contributed by atoms with Crippen molar-refractivity contribution in [3.8, 4) is 5.69 Å². The van der Waals surface area contributed by atoms with Crippen LogP contribution < -0.4 is 5.32 Å². The monoisotopic (exact) mass is 367 g/mol. The fourth-order valence-corrected chi connectivity index (χ4v) is 3.89. The lowest BCUT2D eigenvalue weighted by Gasteiger charge is -2.08. The highest BCUT2D eigenvalue weighted by atomic mass is 32.1. The van der Waals surface area contributed by atoms with Gasteiger partial charge in [-0.2, -0.15) is 4.68 Å². The van der Waals surface area contributed by atoms with E-state index in [4.69, 9.17) is 0 Å². The maximum Gasteiger partial charge on any atom is 0.266 e. The molecule has 2 aromatic heterocycles. The molecular formula is C18H14FN5OS. The largest absolute Gasteiger partial charge is 0.321 e. The third-order valence-corrected chi connectivity index (χ3v) is 5.38. The summed E-state index contributed by atoms with van der Waals surface area (Å²) in [4.78, 5) is 13.3. The van der Waals surface area contributed by atoms with Gasteiger partial charge in [-0.25, -0.2) is 4.39 Å². The lowest BCUT2D eigenvalue weighted by atomic mass is 10.1. The summed E-state index contributed by atoms with van der Waals surface area (Å²) in [5.74, 6) is -0.251. The van der Waals surface area contributed by atoms with E-state index in [1.54, 1.807) is 6.92 Å². The number of rotatable bonds is 3. The third-order valence-electron chi connectivity index (χ3n) is 4.11. The van der Waals surface area contributed by atoms with Crippen molar-refractivity contribution in [3.05, 3.63) is 64.5 Å². The zero-order chi connectivity index (χ0) is 18.3. The zero-order valence-electron chi connectivity index (χ0n) is 14.0. The van der Waals surface area contributed by atoms with Gasteiger partial charge in [0.25, 0.3) is 5.91 Å². The van der Waals surface area contributed by atoms with Gasteiger partial charge in [0.05, 0.1) is 4.88 Å². The van der Waals surface area contributed by atoms with Crippen LogP contribution in [-0.2, 0) is 0 Å². The molecular weight excluding hydrogens is 353 g/mol. The number of aryl methyl sites for hydroxylation is 2. The van der Waals surface area contributed by atoms with Gasteiger partial charge >= 0.3 is 0 Å². The number of halogens is 1. The van der Waals surface area contributed by atoms with Crippen molar-refractivity contribution in [1.29, 1.82) is 0 Å². The van der Waals surface area contributed by atoms with E-state index in [0.29, 0.717) is 16.4 Å². The molecule has 0 atom stereocenters. The lowest BCUT2D eigenvalue weighted by Crippen LogP contribution is -2.12. The lowest BCUT2D eigenvalue weighted by molar-refractivity contribution is 0.103. The SMILES string of the molecule is Cc1c(C(=O)Nc2ccc(F)c(-n3nnnc3C)c2)sc2ccccc12. The minimum Gasteiger partial charge on any atom is -0.321 e. The number of benzene rings is 2. The number of hydrogen-bond donors (Lipinski definition) is 1. The van der Waals surface area contributed by atoms with Gasteiger partial charge in [0.1, 0.15) is 11.5 Å². The summed E-state index contributed by atoms with van der Waals surface area (Å²) in [6.45, 7) is 3.60. The van der Waals surface area contributed by atoms with E-state index >= 15 is 0 Å². The van der Waals surface area contributed by atoms with Gasteiger partial charge in [0.15, 0.2) is 5.82 Å². The maximum atomic E-state index is 14.1. The van der Waals surface area contributed by atoms with Gasteiger partial charge in [-0.05, 0) is 59.5 Å². The summed E-state index contributed by atoms with van der Waals surface area (Å²) in [6, 6.07) is 12.2. The molecule has 0 unspecified atom stereocenters. The Morgan fingerprint density at radius 3 is 2.73 bits per heavy atom. The summed E-state index contributed by atoms with van der Waals surface area (Å²) >= 11 is 1.44. The Bertz CT molecular complexity index is 1130. The van der Waals surface area contributed by atoms with Crippen LogP contribution in [0.3, 0.4) is 0 Å². The number of carbonyl (C=O) groups excluding carboxylic acids is 1. The van der Waals surface area contributed by atoms with E-state index in [1.807, 2.05) is 31.2 Å².